The summed E-state index contributed by atoms with van der Waals surface area (Å²) in [6, 6.07) is 7.99. The summed E-state index contributed by atoms with van der Waals surface area (Å²) in [7, 11) is 0. The molecular formula is C10H7NOS. The molecule has 64 valence electrons. The summed E-state index contributed by atoms with van der Waals surface area (Å²) in [6.45, 7) is 2.00. The van der Waals surface area contributed by atoms with Crippen LogP contribution in [0.15, 0.2) is 28.7 Å². The smallest absolute Gasteiger partial charge is 0.209 e. The van der Waals surface area contributed by atoms with Gasteiger partial charge < -0.3 is 4.42 Å². The minimum atomic E-state index is 0.927. The number of aryl methyl sites for hydroxylation is 1. The molecule has 3 heteroatoms. The van der Waals surface area contributed by atoms with E-state index in [1.165, 1.54) is 0 Å². The van der Waals surface area contributed by atoms with Gasteiger partial charge in [0.25, 0.3) is 0 Å². The van der Waals surface area contributed by atoms with Crippen molar-refractivity contribution in [1.29, 1.82) is 0 Å². The highest BCUT2D eigenvalue weighted by Gasteiger charge is 2.09. The summed E-state index contributed by atoms with van der Waals surface area (Å²) < 4.78 is 5.63. The molecule has 1 aromatic carbocycles. The van der Waals surface area contributed by atoms with Crippen LogP contribution in [0.2, 0.25) is 0 Å². The van der Waals surface area contributed by atoms with E-state index in [1.54, 1.807) is 11.3 Å². The number of nitrogens with zero attached hydrogens (tertiary/aromatic N) is 1. The monoisotopic (exact) mass is 189 g/mol. The minimum absolute atomic E-state index is 0.927. The molecule has 0 amide bonds. The molecule has 0 aliphatic heterocycles. The second-order valence-electron chi connectivity index (χ2n) is 2.97. The Bertz CT molecular complexity index is 579. The van der Waals surface area contributed by atoms with Crippen LogP contribution >= 0.6 is 11.3 Å². The van der Waals surface area contributed by atoms with Crippen molar-refractivity contribution in [1.82, 2.24) is 4.98 Å². The van der Waals surface area contributed by atoms with Gasteiger partial charge in [-0.2, -0.15) is 0 Å². The summed E-state index contributed by atoms with van der Waals surface area (Å²) in [6.07, 6.45) is 0. The minimum Gasteiger partial charge on any atom is -0.444 e. The van der Waals surface area contributed by atoms with Gasteiger partial charge in [-0.1, -0.05) is 23.5 Å². The highest BCUT2D eigenvalue weighted by atomic mass is 32.1. The molecule has 2 aromatic heterocycles. The lowest BCUT2D eigenvalue weighted by Crippen LogP contribution is -1.67. The maximum absolute atomic E-state index is 5.63. The van der Waals surface area contributed by atoms with Crippen LogP contribution in [-0.4, -0.2) is 4.98 Å². The van der Waals surface area contributed by atoms with E-state index in [4.69, 9.17) is 4.42 Å². The van der Waals surface area contributed by atoms with E-state index < -0.39 is 0 Å². The van der Waals surface area contributed by atoms with Gasteiger partial charge in [-0.15, -0.1) is 0 Å². The Morgan fingerprint density at radius 2 is 2.15 bits per heavy atom. The fraction of sp³-hybridized carbons (Fsp3) is 0.100. The fourth-order valence-electron chi connectivity index (χ4n) is 1.50. The first-order valence-corrected chi connectivity index (χ1v) is 4.91. The molecular weight excluding hydrogens is 182 g/mol. The predicted octanol–water partition coefficient (Wildman–Crippen LogP) is 3.35. The van der Waals surface area contributed by atoms with Crippen LogP contribution in [0.4, 0.5) is 0 Å². The fourth-order valence-corrected chi connectivity index (χ4v) is 2.29. The van der Waals surface area contributed by atoms with Crippen molar-refractivity contribution in [3.63, 3.8) is 0 Å². The number of aromatic nitrogens is 1. The van der Waals surface area contributed by atoms with Crippen molar-refractivity contribution in [2.45, 2.75) is 6.92 Å². The zero-order chi connectivity index (χ0) is 8.84. The van der Waals surface area contributed by atoms with Gasteiger partial charge in [0.15, 0.2) is 0 Å². The number of hydrogen-bond donors (Lipinski definition) is 0. The maximum Gasteiger partial charge on any atom is 0.209 e. The number of furan rings is 1. The molecule has 0 spiro atoms. The molecule has 0 unspecified atom stereocenters. The molecule has 0 saturated carbocycles. The Morgan fingerprint density at radius 1 is 1.31 bits per heavy atom. The quantitative estimate of drug-likeness (QED) is 0.542. The summed E-state index contributed by atoms with van der Waals surface area (Å²) in [5.74, 6) is 0. The Balaban J connectivity index is 2.60. The lowest BCUT2D eigenvalue weighted by molar-refractivity contribution is 0.677. The average molecular weight is 189 g/mol. The van der Waals surface area contributed by atoms with Crippen LogP contribution in [0.1, 0.15) is 5.01 Å². The molecule has 0 aliphatic carbocycles. The van der Waals surface area contributed by atoms with Crippen LogP contribution in [0, 0.1) is 6.92 Å². The van der Waals surface area contributed by atoms with Gasteiger partial charge in [-0.25, -0.2) is 4.98 Å². The maximum atomic E-state index is 5.63. The molecule has 13 heavy (non-hydrogen) atoms. The van der Waals surface area contributed by atoms with E-state index in [-0.39, 0.29) is 0 Å². The van der Waals surface area contributed by atoms with Crippen molar-refractivity contribution in [3.05, 3.63) is 29.3 Å². The molecule has 0 saturated heterocycles. The van der Waals surface area contributed by atoms with Crippen LogP contribution < -0.4 is 0 Å². The molecule has 2 heterocycles. The van der Waals surface area contributed by atoms with Crippen LogP contribution in [-0.2, 0) is 0 Å². The Kier molecular flexibility index (Phi) is 1.27. The summed E-state index contributed by atoms with van der Waals surface area (Å²) in [5, 5.41) is 2.17. The molecule has 0 radical (unpaired) electrons. The van der Waals surface area contributed by atoms with Crippen molar-refractivity contribution in [3.8, 4) is 0 Å². The molecule has 3 aromatic rings. The number of thiazole rings is 1. The van der Waals surface area contributed by atoms with Gasteiger partial charge in [0.05, 0.1) is 5.01 Å². The SMILES string of the molecule is Cc1nc2c(oc3ccccc32)s1. The highest BCUT2D eigenvalue weighted by Crippen LogP contribution is 2.31. The normalized spacial score (nSPS) is 11.5. The second kappa shape index (κ2) is 2.33. The third kappa shape index (κ3) is 0.906. The van der Waals surface area contributed by atoms with Gasteiger partial charge in [0.2, 0.25) is 4.90 Å². The van der Waals surface area contributed by atoms with E-state index in [0.717, 1.165) is 26.4 Å². The van der Waals surface area contributed by atoms with Gasteiger partial charge in [-0.3, -0.25) is 0 Å². The molecule has 0 aliphatic rings. The zero-order valence-corrected chi connectivity index (χ0v) is 7.89. The number of fused-ring (bicyclic) bond motifs is 3. The van der Waals surface area contributed by atoms with Crippen molar-refractivity contribution in [2.24, 2.45) is 0 Å². The summed E-state index contributed by atoms with van der Waals surface area (Å²) in [4.78, 5) is 5.36. The van der Waals surface area contributed by atoms with E-state index in [2.05, 4.69) is 4.98 Å². The number of hydrogen-bond acceptors (Lipinski definition) is 3. The van der Waals surface area contributed by atoms with Gasteiger partial charge in [-0.05, 0) is 19.1 Å². The summed E-state index contributed by atoms with van der Waals surface area (Å²) in [5.41, 5.74) is 1.93. The van der Waals surface area contributed by atoms with Crippen LogP contribution in [0.5, 0.6) is 0 Å². The van der Waals surface area contributed by atoms with Crippen LogP contribution in [0.3, 0.4) is 0 Å². The Morgan fingerprint density at radius 3 is 3.08 bits per heavy atom. The lowest BCUT2D eigenvalue weighted by atomic mass is 10.2. The largest absolute Gasteiger partial charge is 0.444 e. The number of para-hydroxylation sites is 1. The Hall–Kier alpha value is -1.35. The third-order valence-corrected chi connectivity index (χ3v) is 2.90. The topological polar surface area (TPSA) is 26.0 Å². The first kappa shape index (κ1) is 7.09. The highest BCUT2D eigenvalue weighted by molar-refractivity contribution is 7.18. The summed E-state index contributed by atoms with van der Waals surface area (Å²) >= 11 is 1.60. The van der Waals surface area contributed by atoms with Crippen LogP contribution in [0.25, 0.3) is 21.4 Å². The number of rotatable bonds is 0. The van der Waals surface area contributed by atoms with E-state index in [9.17, 15) is 0 Å². The molecule has 0 N–H and O–H groups in total. The van der Waals surface area contributed by atoms with Crippen molar-refractivity contribution in [2.75, 3.05) is 0 Å². The average Bonchev–Trinajstić information content (AvgIpc) is 2.60. The standard InChI is InChI=1S/C10H7NOS/c1-6-11-9-7-4-2-3-5-8(7)12-10(9)13-6/h2-5H,1H3. The van der Waals surface area contributed by atoms with Gasteiger partial charge in [0, 0.05) is 5.39 Å². The van der Waals surface area contributed by atoms with Gasteiger partial charge >= 0.3 is 0 Å². The zero-order valence-electron chi connectivity index (χ0n) is 7.07. The van der Waals surface area contributed by atoms with E-state index in [0.29, 0.717) is 0 Å². The van der Waals surface area contributed by atoms with E-state index >= 15 is 0 Å². The van der Waals surface area contributed by atoms with Crippen molar-refractivity contribution >= 4 is 32.7 Å². The molecule has 0 atom stereocenters. The van der Waals surface area contributed by atoms with Crippen molar-refractivity contribution < 1.29 is 4.42 Å². The number of benzene rings is 1. The third-order valence-electron chi connectivity index (χ3n) is 2.05. The lowest BCUT2D eigenvalue weighted by Gasteiger charge is -1.84. The molecule has 2 nitrogen and oxygen atoms in total. The predicted molar refractivity (Wildman–Crippen MR) is 54.1 cm³/mol. The second-order valence-corrected chi connectivity index (χ2v) is 4.13. The molecule has 0 fully saturated rings. The first-order valence-electron chi connectivity index (χ1n) is 4.09. The molecule has 3 rings (SSSR count). The van der Waals surface area contributed by atoms with Gasteiger partial charge in [0.1, 0.15) is 11.1 Å². The molecule has 0 bridgehead atoms. The van der Waals surface area contributed by atoms with E-state index in [1.807, 2.05) is 31.2 Å². The Labute approximate surface area is 78.8 Å². The first-order chi connectivity index (χ1) is 6.34.